The van der Waals surface area contributed by atoms with E-state index in [4.69, 9.17) is 8.85 Å². The quantitative estimate of drug-likeness (QED) is 0.314. The van der Waals surface area contributed by atoms with Crippen molar-refractivity contribution in [2.24, 2.45) is 4.99 Å². The molecular formula is C18H26N2O5Si2. The van der Waals surface area contributed by atoms with Gasteiger partial charge in [0.25, 0.3) is 11.8 Å². The first-order valence-electron chi connectivity index (χ1n) is 8.77. The highest BCUT2D eigenvalue weighted by atomic mass is 28.4. The first kappa shape index (κ1) is 21.0. The Hall–Kier alpha value is -2.27. The Morgan fingerprint density at radius 3 is 1.85 bits per heavy atom. The van der Waals surface area contributed by atoms with Gasteiger partial charge in [-0.3, -0.25) is 19.3 Å². The van der Waals surface area contributed by atoms with E-state index in [9.17, 15) is 14.4 Å². The summed E-state index contributed by atoms with van der Waals surface area (Å²) in [5, 5.41) is 0. The van der Waals surface area contributed by atoms with Crippen LogP contribution in [0.5, 0.6) is 0 Å². The molecule has 1 aliphatic heterocycles. The molecule has 0 atom stereocenters. The summed E-state index contributed by atoms with van der Waals surface area (Å²) in [5.41, 5.74) is 0.737. The van der Waals surface area contributed by atoms with E-state index in [0.29, 0.717) is 11.1 Å². The van der Waals surface area contributed by atoms with E-state index in [1.165, 1.54) is 0 Å². The van der Waals surface area contributed by atoms with Gasteiger partial charge < -0.3 is 8.85 Å². The van der Waals surface area contributed by atoms with Crippen molar-refractivity contribution >= 4 is 40.3 Å². The minimum atomic E-state index is -2.06. The number of rotatable bonds is 6. The van der Waals surface area contributed by atoms with E-state index < -0.39 is 22.6 Å². The average Bonchev–Trinajstić information content (AvgIpc) is 2.75. The summed E-state index contributed by atoms with van der Waals surface area (Å²) in [4.78, 5) is 42.4. The molecule has 0 saturated carbocycles. The zero-order valence-electron chi connectivity index (χ0n) is 16.7. The fourth-order valence-electron chi connectivity index (χ4n) is 2.51. The number of aliphatic imine (C=N–C) groups is 1. The maximum absolute atomic E-state index is 12.6. The molecule has 0 fully saturated rings. The van der Waals surface area contributed by atoms with Crippen LogP contribution >= 0.6 is 0 Å². The molecule has 9 heteroatoms. The molecule has 1 heterocycles. The van der Waals surface area contributed by atoms with Crippen LogP contribution in [0, 0.1) is 0 Å². The lowest BCUT2D eigenvalue weighted by molar-refractivity contribution is -0.133. The molecule has 0 spiro atoms. The Kier molecular flexibility index (Phi) is 6.05. The van der Waals surface area contributed by atoms with Crippen LogP contribution in [-0.4, -0.2) is 58.3 Å². The molecule has 0 bridgehead atoms. The summed E-state index contributed by atoms with van der Waals surface area (Å²) < 4.78 is 11.3. The number of benzene rings is 1. The van der Waals surface area contributed by atoms with Crippen LogP contribution in [0.25, 0.3) is 0 Å². The van der Waals surface area contributed by atoms with E-state index in [2.05, 4.69) is 4.99 Å². The third-order valence-electron chi connectivity index (χ3n) is 3.40. The zero-order chi connectivity index (χ0) is 20.4. The summed E-state index contributed by atoms with van der Waals surface area (Å²) in [6.07, 6.45) is 0. The number of carbonyl (C=O) groups excluding carboxylic acids is 3. The maximum atomic E-state index is 12.6. The molecule has 0 aromatic heterocycles. The van der Waals surface area contributed by atoms with Crippen LogP contribution in [0.15, 0.2) is 29.3 Å². The standard InChI is InChI=1S/C18H26N2O5Si2/c1-26(2,3)24-15(19-11-16(21)25-27(4,5)6)12-20-17(22)13-9-7-8-10-14(13)18(20)23/h7-10H,11-12H2,1-6H3. The zero-order valence-corrected chi connectivity index (χ0v) is 18.7. The highest BCUT2D eigenvalue weighted by Gasteiger charge is 2.36. The van der Waals surface area contributed by atoms with Crippen molar-refractivity contribution in [2.45, 2.75) is 39.3 Å². The Morgan fingerprint density at radius 1 is 0.926 bits per heavy atom. The van der Waals surface area contributed by atoms with Gasteiger partial charge in [0.1, 0.15) is 13.1 Å². The SMILES string of the molecule is C[Si](C)(C)OC(=O)CN=C(CN1C(=O)c2ccccc2C1=O)O[Si](C)(C)C. The molecule has 27 heavy (non-hydrogen) atoms. The number of nitrogens with zero attached hydrogens (tertiary/aromatic N) is 2. The Bertz CT molecular complexity index is 759. The van der Waals surface area contributed by atoms with Gasteiger partial charge in [-0.05, 0) is 51.4 Å². The van der Waals surface area contributed by atoms with Crippen molar-refractivity contribution < 1.29 is 23.2 Å². The summed E-state index contributed by atoms with van der Waals surface area (Å²) in [6, 6.07) is 6.68. The van der Waals surface area contributed by atoms with Gasteiger partial charge >= 0.3 is 5.97 Å². The molecule has 1 aromatic rings. The largest absolute Gasteiger partial charge is 0.533 e. The van der Waals surface area contributed by atoms with Crippen LogP contribution < -0.4 is 0 Å². The van der Waals surface area contributed by atoms with Crippen molar-refractivity contribution in [3.05, 3.63) is 35.4 Å². The second-order valence-corrected chi connectivity index (χ2v) is 17.1. The van der Waals surface area contributed by atoms with Crippen LogP contribution in [-0.2, 0) is 13.6 Å². The summed E-state index contributed by atoms with van der Waals surface area (Å²) in [7, 11) is -4.07. The first-order chi connectivity index (χ1) is 12.4. The van der Waals surface area contributed by atoms with Gasteiger partial charge in [0, 0.05) is 0 Å². The third kappa shape index (κ3) is 5.86. The molecule has 1 aliphatic rings. The summed E-state index contributed by atoms with van der Waals surface area (Å²) in [6.45, 7) is 11.3. The topological polar surface area (TPSA) is 85.3 Å². The number of carbonyl (C=O) groups is 3. The fraction of sp³-hybridized carbons (Fsp3) is 0.444. The lowest BCUT2D eigenvalue weighted by Gasteiger charge is -2.24. The van der Waals surface area contributed by atoms with Gasteiger partial charge in [-0.2, -0.15) is 0 Å². The monoisotopic (exact) mass is 406 g/mol. The van der Waals surface area contributed by atoms with Crippen molar-refractivity contribution in [3.8, 4) is 0 Å². The Morgan fingerprint density at radius 2 is 1.41 bits per heavy atom. The number of hydrogen-bond acceptors (Lipinski definition) is 6. The Labute approximate surface area is 161 Å². The van der Waals surface area contributed by atoms with E-state index in [1.807, 2.05) is 39.3 Å². The molecule has 2 rings (SSSR count). The minimum Gasteiger partial charge on any atom is -0.533 e. The first-order valence-corrected chi connectivity index (χ1v) is 15.6. The fourth-order valence-corrected chi connectivity index (χ4v) is 4.10. The predicted octanol–water partition coefficient (Wildman–Crippen LogP) is 2.91. The van der Waals surface area contributed by atoms with E-state index >= 15 is 0 Å². The van der Waals surface area contributed by atoms with E-state index in [0.717, 1.165) is 4.90 Å². The van der Waals surface area contributed by atoms with Crippen molar-refractivity contribution in [1.29, 1.82) is 0 Å². The Balaban J connectivity index is 2.18. The molecule has 0 unspecified atom stereocenters. The second-order valence-electron chi connectivity index (χ2n) is 8.25. The van der Waals surface area contributed by atoms with Crippen LogP contribution in [0.3, 0.4) is 0 Å². The number of amides is 2. The molecule has 146 valence electrons. The van der Waals surface area contributed by atoms with Gasteiger partial charge in [0.05, 0.1) is 11.1 Å². The molecule has 0 radical (unpaired) electrons. The lowest BCUT2D eigenvalue weighted by atomic mass is 10.1. The van der Waals surface area contributed by atoms with Gasteiger partial charge in [0.15, 0.2) is 5.90 Å². The van der Waals surface area contributed by atoms with Gasteiger partial charge in [-0.15, -0.1) is 0 Å². The summed E-state index contributed by atoms with van der Waals surface area (Å²) >= 11 is 0. The van der Waals surface area contributed by atoms with Crippen molar-refractivity contribution in [3.63, 3.8) is 0 Å². The van der Waals surface area contributed by atoms with E-state index in [-0.39, 0.29) is 30.8 Å². The van der Waals surface area contributed by atoms with Gasteiger partial charge in [-0.1, -0.05) is 12.1 Å². The van der Waals surface area contributed by atoms with Crippen LogP contribution in [0.4, 0.5) is 0 Å². The second kappa shape index (κ2) is 7.77. The number of fused-ring (bicyclic) bond motifs is 1. The average molecular weight is 407 g/mol. The summed E-state index contributed by atoms with van der Waals surface area (Å²) in [5.74, 6) is -0.997. The van der Waals surface area contributed by atoms with Gasteiger partial charge in [-0.25, -0.2) is 4.99 Å². The highest BCUT2D eigenvalue weighted by molar-refractivity contribution is 6.71. The highest BCUT2D eigenvalue weighted by Crippen LogP contribution is 2.22. The molecule has 2 amide bonds. The van der Waals surface area contributed by atoms with Crippen LogP contribution in [0.1, 0.15) is 20.7 Å². The molecule has 0 aliphatic carbocycles. The van der Waals surface area contributed by atoms with Crippen molar-refractivity contribution in [2.75, 3.05) is 13.1 Å². The molecule has 7 nitrogen and oxygen atoms in total. The normalized spacial score (nSPS) is 15.0. The maximum Gasteiger partial charge on any atom is 0.314 e. The predicted molar refractivity (Wildman–Crippen MR) is 108 cm³/mol. The minimum absolute atomic E-state index is 0.100. The molecular weight excluding hydrogens is 380 g/mol. The molecule has 1 aromatic carbocycles. The van der Waals surface area contributed by atoms with E-state index in [1.54, 1.807) is 24.3 Å². The number of hydrogen-bond donors (Lipinski definition) is 0. The molecule has 0 saturated heterocycles. The van der Waals surface area contributed by atoms with Gasteiger partial charge in [0.2, 0.25) is 16.6 Å². The third-order valence-corrected chi connectivity index (χ3v) is 5.09. The lowest BCUT2D eigenvalue weighted by Crippen LogP contribution is -2.40. The van der Waals surface area contributed by atoms with Crippen LogP contribution in [0.2, 0.25) is 39.3 Å². The smallest absolute Gasteiger partial charge is 0.314 e. The van der Waals surface area contributed by atoms with Crippen molar-refractivity contribution in [1.82, 2.24) is 4.90 Å². The number of imide groups is 1. The molecule has 0 N–H and O–H groups in total.